The van der Waals surface area contributed by atoms with E-state index in [-0.39, 0.29) is 17.3 Å². The molecule has 0 bridgehead atoms. The van der Waals surface area contributed by atoms with Crippen LogP contribution in [0, 0.1) is 0 Å². The van der Waals surface area contributed by atoms with E-state index in [0.29, 0.717) is 37.4 Å². The molecule has 0 amide bonds. The molecule has 2 N–H and O–H groups in total. The zero-order valence-electron chi connectivity index (χ0n) is 12.6. The van der Waals surface area contributed by atoms with E-state index in [1.54, 1.807) is 24.9 Å². The number of hydrogen-bond acceptors (Lipinski definition) is 5. The van der Waals surface area contributed by atoms with E-state index in [0.717, 1.165) is 0 Å². The van der Waals surface area contributed by atoms with Gasteiger partial charge in [-0.25, -0.2) is 9.78 Å². The largest absolute Gasteiger partial charge is 0.383 e. The quantitative estimate of drug-likeness (QED) is 0.778. The minimum absolute atomic E-state index is 0.0682. The van der Waals surface area contributed by atoms with Crippen molar-refractivity contribution in [3.63, 3.8) is 0 Å². The van der Waals surface area contributed by atoms with Crippen LogP contribution in [0.1, 0.15) is 19.9 Å². The van der Waals surface area contributed by atoms with Gasteiger partial charge in [-0.1, -0.05) is 0 Å². The molecular weight excluding hydrogens is 274 g/mol. The van der Waals surface area contributed by atoms with Crippen molar-refractivity contribution in [2.75, 3.05) is 20.3 Å². The summed E-state index contributed by atoms with van der Waals surface area (Å²) >= 11 is 0. The van der Waals surface area contributed by atoms with Crippen LogP contribution < -0.4 is 17.0 Å². The lowest BCUT2D eigenvalue weighted by Gasteiger charge is -2.14. The normalized spacial score (nSPS) is 13.0. The van der Waals surface area contributed by atoms with Crippen molar-refractivity contribution in [2.45, 2.75) is 33.0 Å². The van der Waals surface area contributed by atoms with Gasteiger partial charge in [0, 0.05) is 26.2 Å². The van der Waals surface area contributed by atoms with Gasteiger partial charge in [0.25, 0.3) is 5.56 Å². The van der Waals surface area contributed by atoms with E-state index in [1.807, 2.05) is 6.92 Å². The number of nitrogens with zero attached hydrogens (tertiary/aromatic N) is 4. The van der Waals surface area contributed by atoms with Crippen molar-refractivity contribution < 1.29 is 4.74 Å². The van der Waals surface area contributed by atoms with Crippen LogP contribution in [-0.4, -0.2) is 38.9 Å². The van der Waals surface area contributed by atoms with E-state index >= 15 is 0 Å². The molecule has 0 aliphatic carbocycles. The van der Waals surface area contributed by atoms with Crippen molar-refractivity contribution in [1.29, 1.82) is 0 Å². The van der Waals surface area contributed by atoms with Gasteiger partial charge in [0.1, 0.15) is 0 Å². The molecule has 1 unspecified atom stereocenters. The molecule has 2 heterocycles. The number of imidazole rings is 1. The minimum atomic E-state index is -0.363. The fourth-order valence-corrected chi connectivity index (χ4v) is 2.32. The van der Waals surface area contributed by atoms with Gasteiger partial charge in [-0.05, 0) is 13.8 Å². The summed E-state index contributed by atoms with van der Waals surface area (Å²) < 4.78 is 9.44. The molecule has 2 aromatic rings. The topological polar surface area (TPSA) is 97.1 Å². The van der Waals surface area contributed by atoms with Gasteiger partial charge in [0.2, 0.25) is 0 Å². The highest BCUT2D eigenvalue weighted by Crippen LogP contribution is 2.12. The molecular formula is C13H21N5O3. The average molecular weight is 295 g/mol. The number of ether oxygens (including phenoxy) is 1. The zero-order chi connectivity index (χ0) is 15.6. The first-order valence-electron chi connectivity index (χ1n) is 6.95. The van der Waals surface area contributed by atoms with Crippen LogP contribution in [0.15, 0.2) is 15.9 Å². The average Bonchev–Trinajstić information content (AvgIpc) is 2.92. The van der Waals surface area contributed by atoms with Crippen LogP contribution in [-0.2, 0) is 17.8 Å². The van der Waals surface area contributed by atoms with Gasteiger partial charge in [-0.3, -0.25) is 13.9 Å². The summed E-state index contributed by atoms with van der Waals surface area (Å²) in [5, 5.41) is 0. The van der Waals surface area contributed by atoms with Crippen molar-refractivity contribution in [2.24, 2.45) is 5.73 Å². The molecule has 0 radical (unpaired) electrons. The number of nitrogens with two attached hydrogens (primary N) is 1. The van der Waals surface area contributed by atoms with Gasteiger partial charge >= 0.3 is 5.69 Å². The first-order valence-corrected chi connectivity index (χ1v) is 6.95. The van der Waals surface area contributed by atoms with E-state index in [9.17, 15) is 9.59 Å². The SMILES string of the molecule is CCn1c(=O)c2c(ncn2C(C)CN)n(CCOC)c1=O. The first kappa shape index (κ1) is 15.5. The highest BCUT2D eigenvalue weighted by Gasteiger charge is 2.18. The summed E-state index contributed by atoms with van der Waals surface area (Å²) in [5.74, 6) is 0. The molecule has 0 saturated heterocycles. The molecule has 116 valence electrons. The minimum Gasteiger partial charge on any atom is -0.383 e. The molecule has 0 saturated carbocycles. The molecule has 0 aliphatic rings. The summed E-state index contributed by atoms with van der Waals surface area (Å²) in [7, 11) is 1.56. The molecule has 2 rings (SSSR count). The summed E-state index contributed by atoms with van der Waals surface area (Å²) in [6, 6.07) is -0.0682. The Morgan fingerprint density at radius 3 is 2.67 bits per heavy atom. The second-order valence-corrected chi connectivity index (χ2v) is 4.89. The van der Waals surface area contributed by atoms with Crippen molar-refractivity contribution >= 4 is 11.2 Å². The number of fused-ring (bicyclic) bond motifs is 1. The van der Waals surface area contributed by atoms with Crippen LogP contribution in [0.2, 0.25) is 0 Å². The predicted octanol–water partition coefficient (Wildman–Crippen LogP) is -0.454. The Kier molecular flexibility index (Phi) is 4.59. The highest BCUT2D eigenvalue weighted by atomic mass is 16.5. The third-order valence-corrected chi connectivity index (χ3v) is 3.59. The number of aromatic nitrogens is 4. The summed E-state index contributed by atoms with van der Waals surface area (Å²) in [4.78, 5) is 29.2. The lowest BCUT2D eigenvalue weighted by atomic mass is 10.3. The van der Waals surface area contributed by atoms with E-state index in [4.69, 9.17) is 10.5 Å². The maximum Gasteiger partial charge on any atom is 0.332 e. The van der Waals surface area contributed by atoms with Crippen LogP contribution in [0.3, 0.4) is 0 Å². The maximum atomic E-state index is 12.5. The van der Waals surface area contributed by atoms with E-state index < -0.39 is 0 Å². The first-order chi connectivity index (χ1) is 10.1. The zero-order valence-corrected chi connectivity index (χ0v) is 12.6. The molecule has 0 spiro atoms. The van der Waals surface area contributed by atoms with E-state index in [1.165, 1.54) is 9.13 Å². The van der Waals surface area contributed by atoms with Gasteiger partial charge in [0.05, 0.1) is 19.5 Å². The Balaban J connectivity index is 2.81. The fraction of sp³-hybridized carbons (Fsp3) is 0.615. The van der Waals surface area contributed by atoms with Crippen LogP contribution in [0.5, 0.6) is 0 Å². The Hall–Kier alpha value is -1.93. The lowest BCUT2D eigenvalue weighted by molar-refractivity contribution is 0.186. The van der Waals surface area contributed by atoms with Crippen LogP contribution >= 0.6 is 0 Å². The lowest BCUT2D eigenvalue weighted by Crippen LogP contribution is -2.41. The third kappa shape index (κ3) is 2.52. The Morgan fingerprint density at radius 1 is 1.38 bits per heavy atom. The maximum absolute atomic E-state index is 12.5. The summed E-state index contributed by atoms with van der Waals surface area (Å²) in [5.41, 5.74) is 5.77. The van der Waals surface area contributed by atoms with Gasteiger partial charge < -0.3 is 15.0 Å². The fourth-order valence-electron chi connectivity index (χ4n) is 2.32. The van der Waals surface area contributed by atoms with Gasteiger partial charge in [-0.2, -0.15) is 0 Å². The molecule has 0 aliphatic heterocycles. The highest BCUT2D eigenvalue weighted by molar-refractivity contribution is 5.70. The molecule has 8 nitrogen and oxygen atoms in total. The Bertz CT molecular complexity index is 743. The predicted molar refractivity (Wildman–Crippen MR) is 79.6 cm³/mol. The van der Waals surface area contributed by atoms with Crippen molar-refractivity contribution in [3.05, 3.63) is 27.2 Å². The Labute approximate surface area is 121 Å². The number of hydrogen-bond donors (Lipinski definition) is 1. The standard InChI is InChI=1S/C13H21N5O3/c1-4-16-12(19)10-11(15-8-18(10)9(2)7-14)17(13(16)20)5-6-21-3/h8-9H,4-7,14H2,1-3H3. The molecule has 2 aromatic heterocycles. The smallest absolute Gasteiger partial charge is 0.332 e. The molecule has 1 atom stereocenters. The van der Waals surface area contributed by atoms with Gasteiger partial charge in [0.15, 0.2) is 11.2 Å². The summed E-state index contributed by atoms with van der Waals surface area (Å²) in [6.45, 7) is 5.08. The number of rotatable bonds is 6. The van der Waals surface area contributed by atoms with Crippen LogP contribution in [0.25, 0.3) is 11.2 Å². The summed E-state index contributed by atoms with van der Waals surface area (Å²) in [6.07, 6.45) is 1.56. The monoisotopic (exact) mass is 295 g/mol. The van der Waals surface area contributed by atoms with Crippen molar-refractivity contribution in [1.82, 2.24) is 18.7 Å². The van der Waals surface area contributed by atoms with E-state index in [2.05, 4.69) is 4.98 Å². The van der Waals surface area contributed by atoms with Crippen molar-refractivity contribution in [3.8, 4) is 0 Å². The van der Waals surface area contributed by atoms with Crippen LogP contribution in [0.4, 0.5) is 0 Å². The molecule has 8 heteroatoms. The molecule has 21 heavy (non-hydrogen) atoms. The third-order valence-electron chi connectivity index (χ3n) is 3.59. The second-order valence-electron chi connectivity index (χ2n) is 4.89. The molecule has 0 fully saturated rings. The second kappa shape index (κ2) is 6.23. The van der Waals surface area contributed by atoms with Gasteiger partial charge in [-0.15, -0.1) is 0 Å². The number of methoxy groups -OCH3 is 1. The molecule has 0 aromatic carbocycles. The Morgan fingerprint density at radius 2 is 2.10 bits per heavy atom.